The number of rotatable bonds is 7. The number of hydrogen-bond acceptors (Lipinski definition) is 6. The lowest BCUT2D eigenvalue weighted by molar-refractivity contribution is -0.115. The SMILES string of the molecule is C/C(=C1/SC(=O)NC1=O)c1ccc(OCCCc2c(-c3ccc(F)c(F)c3)oc3ccccc3c2=O)c(Cl)c1. The highest BCUT2D eigenvalue weighted by Crippen LogP contribution is 2.35. The van der Waals surface area contributed by atoms with E-state index in [-0.39, 0.29) is 29.8 Å². The molecule has 2 amide bonds. The van der Waals surface area contributed by atoms with Gasteiger partial charge >= 0.3 is 0 Å². The van der Waals surface area contributed by atoms with Crippen molar-refractivity contribution in [3.8, 4) is 17.1 Å². The number of thioether (sulfide) groups is 1. The predicted octanol–water partition coefficient (Wildman–Crippen LogP) is 7.12. The van der Waals surface area contributed by atoms with Crippen LogP contribution >= 0.6 is 23.4 Å². The highest BCUT2D eigenvalue weighted by atomic mass is 35.5. The third kappa shape index (κ3) is 5.46. The van der Waals surface area contributed by atoms with Crippen LogP contribution in [-0.4, -0.2) is 17.8 Å². The van der Waals surface area contributed by atoms with Gasteiger partial charge in [0.2, 0.25) is 0 Å². The molecular weight excluding hydrogens is 548 g/mol. The Morgan fingerprint density at radius 2 is 1.82 bits per heavy atom. The lowest BCUT2D eigenvalue weighted by Gasteiger charge is -2.12. The Labute approximate surface area is 230 Å². The number of carbonyl (C=O) groups excluding carboxylic acids is 2. The summed E-state index contributed by atoms with van der Waals surface area (Å²) in [5.41, 5.74) is 1.96. The van der Waals surface area contributed by atoms with E-state index in [9.17, 15) is 23.2 Å². The lowest BCUT2D eigenvalue weighted by atomic mass is 10.0. The van der Waals surface area contributed by atoms with Gasteiger partial charge in [-0.2, -0.15) is 0 Å². The van der Waals surface area contributed by atoms with E-state index in [1.54, 1.807) is 49.4 Å². The summed E-state index contributed by atoms with van der Waals surface area (Å²) in [6.45, 7) is 1.93. The smallest absolute Gasteiger partial charge is 0.290 e. The summed E-state index contributed by atoms with van der Waals surface area (Å²) in [5, 5.41) is 2.51. The molecule has 0 atom stereocenters. The van der Waals surface area contributed by atoms with E-state index in [1.807, 2.05) is 0 Å². The van der Waals surface area contributed by atoms with Crippen molar-refractivity contribution in [3.63, 3.8) is 0 Å². The quantitative estimate of drug-likeness (QED) is 0.189. The molecule has 1 aliphatic rings. The maximum absolute atomic E-state index is 14.0. The molecule has 1 aliphatic heterocycles. The Balaban J connectivity index is 1.34. The molecule has 2 heterocycles. The van der Waals surface area contributed by atoms with Gasteiger partial charge in [0.1, 0.15) is 17.1 Å². The lowest BCUT2D eigenvalue weighted by Crippen LogP contribution is -2.18. The molecule has 10 heteroatoms. The van der Waals surface area contributed by atoms with Gasteiger partial charge in [0.05, 0.1) is 21.9 Å². The fourth-order valence-corrected chi connectivity index (χ4v) is 5.23. The standard InChI is InChI=1S/C29H20ClF2NO5S/c1-15(27-28(35)33-29(36)39-27)16-9-11-24(20(30)13-16)37-12-4-6-19-25(34)18-5-2-3-7-23(18)38-26(19)17-8-10-21(31)22(32)14-17/h2-3,5,7-11,13-14H,4,6,12H2,1H3,(H,33,35,36)/b27-15-. The largest absolute Gasteiger partial charge is 0.492 e. The van der Waals surface area contributed by atoms with E-state index in [0.29, 0.717) is 49.8 Å². The van der Waals surface area contributed by atoms with Crippen molar-refractivity contribution in [2.45, 2.75) is 19.8 Å². The summed E-state index contributed by atoms with van der Waals surface area (Å²) < 4.78 is 39.3. The zero-order chi connectivity index (χ0) is 27.7. The number of para-hydroxylation sites is 1. The molecule has 0 saturated carbocycles. The van der Waals surface area contributed by atoms with E-state index < -0.39 is 22.8 Å². The van der Waals surface area contributed by atoms with E-state index in [4.69, 9.17) is 20.8 Å². The van der Waals surface area contributed by atoms with E-state index >= 15 is 0 Å². The van der Waals surface area contributed by atoms with Gasteiger partial charge in [-0.25, -0.2) is 8.78 Å². The minimum atomic E-state index is -1.04. The molecule has 1 aromatic heterocycles. The van der Waals surface area contributed by atoms with Gasteiger partial charge < -0.3 is 9.15 Å². The molecule has 0 aliphatic carbocycles. The summed E-state index contributed by atoms with van der Waals surface area (Å²) >= 11 is 7.25. The molecular formula is C29H20ClF2NO5S. The minimum absolute atomic E-state index is 0.177. The van der Waals surface area contributed by atoms with Crippen LogP contribution in [0, 0.1) is 11.6 Å². The van der Waals surface area contributed by atoms with Crippen molar-refractivity contribution in [2.24, 2.45) is 0 Å². The number of ether oxygens (including phenoxy) is 1. The number of carbonyl (C=O) groups is 2. The molecule has 6 nitrogen and oxygen atoms in total. The van der Waals surface area contributed by atoms with Crippen LogP contribution in [0.3, 0.4) is 0 Å². The minimum Gasteiger partial charge on any atom is -0.492 e. The van der Waals surface area contributed by atoms with Gasteiger partial charge in [-0.05, 0) is 85.1 Å². The zero-order valence-corrected chi connectivity index (χ0v) is 22.1. The van der Waals surface area contributed by atoms with Crippen LogP contribution in [0.5, 0.6) is 5.75 Å². The third-order valence-corrected chi connectivity index (χ3v) is 7.50. The second kappa shape index (κ2) is 11.0. The molecule has 1 saturated heterocycles. The topological polar surface area (TPSA) is 85.6 Å². The average Bonchev–Trinajstić information content (AvgIpc) is 3.26. The van der Waals surface area contributed by atoms with Crippen molar-refractivity contribution >= 4 is 51.1 Å². The maximum atomic E-state index is 14.0. The van der Waals surface area contributed by atoms with E-state index in [0.717, 1.165) is 23.9 Å². The second-order valence-electron chi connectivity index (χ2n) is 8.76. The predicted molar refractivity (Wildman–Crippen MR) is 147 cm³/mol. The van der Waals surface area contributed by atoms with Gasteiger partial charge in [-0.15, -0.1) is 0 Å². The highest BCUT2D eigenvalue weighted by Gasteiger charge is 2.27. The first-order valence-electron chi connectivity index (χ1n) is 11.9. The summed E-state index contributed by atoms with van der Waals surface area (Å²) in [6, 6.07) is 15.2. The fourth-order valence-electron chi connectivity index (χ4n) is 4.25. The number of benzene rings is 3. The Bertz CT molecular complexity index is 1730. The number of nitrogens with one attached hydrogen (secondary N) is 1. The molecule has 1 fully saturated rings. The van der Waals surface area contributed by atoms with Crippen molar-refractivity contribution in [1.29, 1.82) is 0 Å². The molecule has 198 valence electrons. The Hall–Kier alpha value is -3.95. The van der Waals surface area contributed by atoms with Crippen molar-refractivity contribution in [3.05, 3.63) is 104 Å². The Morgan fingerprint density at radius 1 is 1.03 bits per heavy atom. The molecule has 3 aromatic carbocycles. The normalized spacial score (nSPS) is 14.6. The molecule has 4 aromatic rings. The average molecular weight is 568 g/mol. The van der Waals surface area contributed by atoms with Crippen LogP contribution in [0.4, 0.5) is 13.6 Å². The third-order valence-electron chi connectivity index (χ3n) is 6.22. The van der Waals surface area contributed by atoms with E-state index in [2.05, 4.69) is 5.32 Å². The number of fused-ring (bicyclic) bond motifs is 1. The Kier molecular flexibility index (Phi) is 7.54. The maximum Gasteiger partial charge on any atom is 0.290 e. The van der Waals surface area contributed by atoms with Crippen LogP contribution in [-0.2, 0) is 11.2 Å². The van der Waals surface area contributed by atoms with Gasteiger partial charge in [-0.1, -0.05) is 29.8 Å². The van der Waals surface area contributed by atoms with Gasteiger partial charge in [0, 0.05) is 11.1 Å². The molecule has 0 bridgehead atoms. The number of hydrogen-bond donors (Lipinski definition) is 1. The fraction of sp³-hybridized carbons (Fsp3) is 0.138. The second-order valence-corrected chi connectivity index (χ2v) is 10.1. The molecule has 5 rings (SSSR count). The number of allylic oxidation sites excluding steroid dienone is 1. The van der Waals surface area contributed by atoms with Gasteiger partial charge in [-0.3, -0.25) is 19.7 Å². The first-order valence-corrected chi connectivity index (χ1v) is 13.1. The Morgan fingerprint density at radius 3 is 2.54 bits per heavy atom. The molecule has 0 unspecified atom stereocenters. The van der Waals surface area contributed by atoms with Crippen molar-refractivity contribution < 1.29 is 27.5 Å². The first kappa shape index (κ1) is 26.6. The summed E-state index contributed by atoms with van der Waals surface area (Å²) in [5.74, 6) is -1.90. The molecule has 39 heavy (non-hydrogen) atoms. The van der Waals surface area contributed by atoms with Gasteiger partial charge in [0.15, 0.2) is 17.1 Å². The summed E-state index contributed by atoms with van der Waals surface area (Å²) in [7, 11) is 0. The molecule has 1 N–H and O–H groups in total. The number of imide groups is 1. The van der Waals surface area contributed by atoms with Crippen LogP contribution in [0.25, 0.3) is 27.9 Å². The van der Waals surface area contributed by atoms with E-state index in [1.165, 1.54) is 6.07 Å². The summed E-state index contributed by atoms with van der Waals surface area (Å²) in [4.78, 5) is 37.0. The monoisotopic (exact) mass is 567 g/mol. The van der Waals surface area contributed by atoms with Crippen molar-refractivity contribution in [2.75, 3.05) is 6.61 Å². The van der Waals surface area contributed by atoms with Crippen LogP contribution in [0.1, 0.15) is 24.5 Å². The number of amides is 2. The molecule has 0 radical (unpaired) electrons. The summed E-state index contributed by atoms with van der Waals surface area (Å²) in [6.07, 6.45) is 0.655. The zero-order valence-electron chi connectivity index (χ0n) is 20.5. The molecule has 0 spiro atoms. The van der Waals surface area contributed by atoms with Crippen LogP contribution < -0.4 is 15.5 Å². The number of halogens is 3. The first-order chi connectivity index (χ1) is 18.7. The van der Waals surface area contributed by atoms with Crippen LogP contribution in [0.15, 0.2) is 74.8 Å². The van der Waals surface area contributed by atoms with Crippen molar-refractivity contribution in [1.82, 2.24) is 5.32 Å². The highest BCUT2D eigenvalue weighted by molar-refractivity contribution is 8.18. The van der Waals surface area contributed by atoms with Gasteiger partial charge in [0.25, 0.3) is 11.1 Å². The van der Waals surface area contributed by atoms with Crippen LogP contribution in [0.2, 0.25) is 5.02 Å².